The third-order valence-electron chi connectivity index (χ3n) is 3.52. The monoisotopic (exact) mass is 383 g/mol. The summed E-state index contributed by atoms with van der Waals surface area (Å²) in [7, 11) is 0. The molecule has 1 unspecified atom stereocenters. The average Bonchev–Trinajstić information content (AvgIpc) is 2.98. The highest BCUT2D eigenvalue weighted by atomic mass is 32.2. The van der Waals surface area contributed by atoms with Crippen LogP contribution in [0.25, 0.3) is 16.7 Å². The number of aromatic nitrogens is 4. The van der Waals surface area contributed by atoms with E-state index in [0.717, 1.165) is 28.6 Å². The van der Waals surface area contributed by atoms with Gasteiger partial charge < -0.3 is 10.7 Å². The molecule has 0 aliphatic carbocycles. The number of nitrogens with zero attached hydrogens (tertiary/aromatic N) is 3. The van der Waals surface area contributed by atoms with Crippen molar-refractivity contribution in [3.05, 3.63) is 46.4 Å². The molecule has 0 spiro atoms. The lowest BCUT2D eigenvalue weighted by Gasteiger charge is -2.10. The molecule has 136 valence electrons. The van der Waals surface area contributed by atoms with E-state index in [-0.39, 0.29) is 21.9 Å². The van der Waals surface area contributed by atoms with Crippen LogP contribution in [0.4, 0.5) is 13.2 Å². The van der Waals surface area contributed by atoms with Crippen molar-refractivity contribution in [1.29, 1.82) is 0 Å². The number of rotatable bonds is 4. The van der Waals surface area contributed by atoms with E-state index < -0.39 is 28.5 Å². The van der Waals surface area contributed by atoms with Crippen molar-refractivity contribution < 1.29 is 18.0 Å². The van der Waals surface area contributed by atoms with Crippen LogP contribution >= 0.6 is 11.8 Å². The van der Waals surface area contributed by atoms with Crippen LogP contribution in [0.3, 0.4) is 0 Å². The molecule has 0 aliphatic heterocycles. The summed E-state index contributed by atoms with van der Waals surface area (Å²) in [6.07, 6.45) is -3.30. The molecule has 0 aliphatic rings. The summed E-state index contributed by atoms with van der Waals surface area (Å²) in [5.74, 6) is -0.593. The number of hydrogen-bond acceptors (Lipinski definition) is 5. The molecule has 2 aromatic heterocycles. The number of carbonyl (C=O) groups is 1. The quantitative estimate of drug-likeness (QED) is 0.530. The molecule has 0 radical (unpaired) electrons. The van der Waals surface area contributed by atoms with E-state index in [1.165, 1.54) is 18.3 Å². The molecule has 7 nitrogen and oxygen atoms in total. The smallest absolute Gasteiger partial charge is 0.369 e. The normalized spacial score (nSPS) is 13.1. The van der Waals surface area contributed by atoms with Crippen LogP contribution in [-0.2, 0) is 11.0 Å². The maximum Gasteiger partial charge on any atom is 0.416 e. The van der Waals surface area contributed by atoms with Crippen molar-refractivity contribution in [1.82, 2.24) is 19.7 Å². The Bertz CT molecular complexity index is 1040. The first-order valence-corrected chi connectivity index (χ1v) is 8.16. The van der Waals surface area contributed by atoms with Gasteiger partial charge in [-0.3, -0.25) is 9.59 Å². The number of H-pyrrole nitrogens is 1. The third kappa shape index (κ3) is 3.43. The maximum atomic E-state index is 12.9. The highest BCUT2D eigenvalue weighted by molar-refractivity contribution is 8.00. The largest absolute Gasteiger partial charge is 0.416 e. The minimum Gasteiger partial charge on any atom is -0.369 e. The molecule has 11 heteroatoms. The molecule has 26 heavy (non-hydrogen) atoms. The van der Waals surface area contributed by atoms with E-state index in [9.17, 15) is 22.8 Å². The summed E-state index contributed by atoms with van der Waals surface area (Å²) in [5.41, 5.74) is 4.00. The van der Waals surface area contributed by atoms with E-state index in [4.69, 9.17) is 5.73 Å². The average molecular weight is 383 g/mol. The van der Waals surface area contributed by atoms with Gasteiger partial charge in [-0.1, -0.05) is 17.8 Å². The number of amides is 1. The second-order valence-corrected chi connectivity index (χ2v) is 6.70. The zero-order valence-electron chi connectivity index (χ0n) is 13.2. The Kier molecular flexibility index (Phi) is 4.48. The Hall–Kier alpha value is -2.82. The number of halogens is 3. The Morgan fingerprint density at radius 3 is 2.77 bits per heavy atom. The Morgan fingerprint density at radius 2 is 2.12 bits per heavy atom. The molecule has 3 aromatic rings. The summed E-state index contributed by atoms with van der Waals surface area (Å²) in [6.45, 7) is 1.54. The zero-order valence-corrected chi connectivity index (χ0v) is 14.1. The number of benzene rings is 1. The van der Waals surface area contributed by atoms with Crippen molar-refractivity contribution in [2.75, 3.05) is 0 Å². The summed E-state index contributed by atoms with van der Waals surface area (Å²) in [5, 5.41) is 3.54. The van der Waals surface area contributed by atoms with Gasteiger partial charge in [-0.2, -0.15) is 18.3 Å². The minimum absolute atomic E-state index is 0.0762. The van der Waals surface area contributed by atoms with Gasteiger partial charge in [0.25, 0.3) is 5.56 Å². The van der Waals surface area contributed by atoms with Crippen molar-refractivity contribution in [3.63, 3.8) is 0 Å². The third-order valence-corrected chi connectivity index (χ3v) is 4.53. The van der Waals surface area contributed by atoms with Gasteiger partial charge in [-0.25, -0.2) is 9.67 Å². The molecule has 1 amide bonds. The van der Waals surface area contributed by atoms with E-state index in [1.54, 1.807) is 6.92 Å². The number of fused-ring (bicyclic) bond motifs is 1. The fourth-order valence-corrected chi connectivity index (χ4v) is 2.92. The molecule has 1 atom stereocenters. The van der Waals surface area contributed by atoms with E-state index in [1.807, 2.05) is 0 Å². The van der Waals surface area contributed by atoms with Crippen LogP contribution < -0.4 is 11.3 Å². The van der Waals surface area contributed by atoms with Crippen LogP contribution in [0.5, 0.6) is 0 Å². The number of alkyl halides is 3. The number of carbonyl (C=O) groups excluding carboxylic acids is 1. The molecule has 2 heterocycles. The Morgan fingerprint density at radius 1 is 1.38 bits per heavy atom. The zero-order chi connectivity index (χ0) is 19.1. The molecule has 0 fully saturated rings. The number of aromatic amines is 1. The van der Waals surface area contributed by atoms with Crippen molar-refractivity contribution in [2.45, 2.75) is 23.5 Å². The fourth-order valence-electron chi connectivity index (χ4n) is 2.18. The standard InChI is InChI=1S/C15H12F3N5O2S/c1-7(11(19)24)26-14-21-12-10(13(25)22-14)6-20-23(12)9-4-2-3-8(5-9)15(16,17)18/h2-7H,1H3,(H2,19,24)(H,21,22,25). The summed E-state index contributed by atoms with van der Waals surface area (Å²) in [4.78, 5) is 30.0. The lowest BCUT2D eigenvalue weighted by molar-refractivity contribution is -0.137. The first kappa shape index (κ1) is 18.0. The first-order valence-electron chi connectivity index (χ1n) is 7.28. The van der Waals surface area contributed by atoms with Gasteiger partial charge in [0.2, 0.25) is 5.91 Å². The lowest BCUT2D eigenvalue weighted by atomic mass is 10.2. The SMILES string of the molecule is CC(Sc1nc2c(cnn2-c2cccc(C(F)(F)F)c2)c(=O)[nH]1)C(N)=O. The van der Waals surface area contributed by atoms with E-state index in [2.05, 4.69) is 15.1 Å². The summed E-state index contributed by atoms with van der Waals surface area (Å²) >= 11 is 0.933. The predicted octanol–water partition coefficient (Wildman–Crippen LogP) is 2.09. The van der Waals surface area contributed by atoms with Crippen LogP contribution in [0, 0.1) is 0 Å². The van der Waals surface area contributed by atoms with Crippen LogP contribution in [0.2, 0.25) is 0 Å². The maximum absolute atomic E-state index is 12.9. The number of hydrogen-bond donors (Lipinski definition) is 2. The topological polar surface area (TPSA) is 107 Å². The fraction of sp³-hybridized carbons (Fsp3) is 0.200. The highest BCUT2D eigenvalue weighted by Gasteiger charge is 2.30. The first-order chi connectivity index (χ1) is 12.2. The molecular formula is C15H12F3N5O2S. The van der Waals surface area contributed by atoms with Crippen LogP contribution in [0.15, 0.2) is 40.4 Å². The second-order valence-electron chi connectivity index (χ2n) is 5.38. The van der Waals surface area contributed by atoms with E-state index in [0.29, 0.717) is 0 Å². The predicted molar refractivity (Wildman–Crippen MR) is 89.0 cm³/mol. The van der Waals surface area contributed by atoms with Gasteiger partial charge >= 0.3 is 6.18 Å². The second kappa shape index (κ2) is 6.48. The lowest BCUT2D eigenvalue weighted by Crippen LogP contribution is -2.23. The van der Waals surface area contributed by atoms with Gasteiger partial charge in [-0.15, -0.1) is 0 Å². The molecule has 3 N–H and O–H groups in total. The molecule has 3 rings (SSSR count). The molecular weight excluding hydrogens is 371 g/mol. The molecule has 0 bridgehead atoms. The summed E-state index contributed by atoms with van der Waals surface area (Å²) in [6, 6.07) is 4.51. The number of nitrogens with two attached hydrogens (primary N) is 1. The minimum atomic E-state index is -4.51. The molecule has 0 saturated heterocycles. The van der Waals surface area contributed by atoms with Gasteiger partial charge in [0, 0.05) is 0 Å². The van der Waals surface area contributed by atoms with Crippen molar-refractivity contribution in [2.24, 2.45) is 5.73 Å². The van der Waals surface area contributed by atoms with Gasteiger partial charge in [0.15, 0.2) is 10.8 Å². The van der Waals surface area contributed by atoms with Crippen molar-refractivity contribution >= 4 is 28.7 Å². The highest BCUT2D eigenvalue weighted by Crippen LogP contribution is 2.30. The van der Waals surface area contributed by atoms with Crippen LogP contribution in [0.1, 0.15) is 12.5 Å². The van der Waals surface area contributed by atoms with E-state index >= 15 is 0 Å². The number of primary amides is 1. The van der Waals surface area contributed by atoms with Crippen LogP contribution in [-0.4, -0.2) is 30.9 Å². The van der Waals surface area contributed by atoms with Gasteiger partial charge in [0.05, 0.1) is 22.7 Å². The van der Waals surface area contributed by atoms with Gasteiger partial charge in [-0.05, 0) is 25.1 Å². The summed E-state index contributed by atoms with van der Waals surface area (Å²) < 4.78 is 39.9. The Balaban J connectivity index is 2.12. The number of nitrogens with one attached hydrogen (secondary N) is 1. The van der Waals surface area contributed by atoms with Crippen molar-refractivity contribution in [3.8, 4) is 5.69 Å². The molecule has 1 aromatic carbocycles. The van der Waals surface area contributed by atoms with Gasteiger partial charge in [0.1, 0.15) is 5.39 Å². The number of thioether (sulfide) groups is 1. The Labute approximate surface area is 148 Å². The molecule has 0 saturated carbocycles.